The number of hydrogen-bond donors (Lipinski definition) is 1. The molecule has 1 N–H and O–H groups in total. The average Bonchev–Trinajstić information content (AvgIpc) is 2.25. The Bertz CT molecular complexity index is 228. The van der Waals surface area contributed by atoms with Gasteiger partial charge in [0.15, 0.2) is 0 Å². The Balaban J connectivity index is 2.33. The molecule has 1 aliphatic heterocycles. The van der Waals surface area contributed by atoms with Gasteiger partial charge in [-0.05, 0) is 34.2 Å². The number of hydrogen-bond acceptors (Lipinski definition) is 4. The molecular formula is C14H30N2O2. The molecule has 1 heterocycles. The lowest BCUT2D eigenvalue weighted by Crippen LogP contribution is -2.50. The van der Waals surface area contributed by atoms with Gasteiger partial charge in [-0.3, -0.25) is 4.90 Å². The van der Waals surface area contributed by atoms with Crippen LogP contribution in [0.3, 0.4) is 0 Å². The Kier molecular flexibility index (Phi) is 6.57. The summed E-state index contributed by atoms with van der Waals surface area (Å²) in [6.07, 6.45) is 1.39. The van der Waals surface area contributed by atoms with Crippen molar-refractivity contribution in [2.45, 2.75) is 58.5 Å². The van der Waals surface area contributed by atoms with Crippen LogP contribution in [-0.2, 0) is 4.74 Å². The van der Waals surface area contributed by atoms with Crippen molar-refractivity contribution in [1.82, 2.24) is 9.80 Å². The molecule has 108 valence electrons. The molecule has 4 nitrogen and oxygen atoms in total. The van der Waals surface area contributed by atoms with E-state index in [2.05, 4.69) is 44.5 Å². The lowest BCUT2D eigenvalue weighted by Gasteiger charge is -2.37. The van der Waals surface area contributed by atoms with Crippen molar-refractivity contribution in [1.29, 1.82) is 0 Å². The number of β-amino-alcohol motifs (C(OH)–C–C–N with tert-alkyl or cyclic N) is 1. The zero-order valence-electron chi connectivity index (χ0n) is 12.6. The fourth-order valence-electron chi connectivity index (χ4n) is 2.61. The van der Waals surface area contributed by atoms with E-state index in [4.69, 9.17) is 4.74 Å². The van der Waals surface area contributed by atoms with Crippen LogP contribution in [0.25, 0.3) is 0 Å². The minimum atomic E-state index is -0.276. The summed E-state index contributed by atoms with van der Waals surface area (Å²) in [5.74, 6) is 0. The predicted molar refractivity (Wildman–Crippen MR) is 74.8 cm³/mol. The van der Waals surface area contributed by atoms with E-state index in [0.29, 0.717) is 6.04 Å². The van der Waals surface area contributed by atoms with Crippen molar-refractivity contribution in [2.24, 2.45) is 0 Å². The van der Waals surface area contributed by atoms with E-state index >= 15 is 0 Å². The van der Waals surface area contributed by atoms with Gasteiger partial charge in [-0.1, -0.05) is 6.92 Å². The van der Waals surface area contributed by atoms with Crippen LogP contribution >= 0.6 is 0 Å². The first-order chi connectivity index (χ1) is 8.42. The standard InChI is InChI=1S/C14H30N2O2/c1-6-11(2)15(5)9-14(17)10-16-7-12(3)18-13(4)8-16/h11-14,17H,6-10H2,1-5H3. The van der Waals surface area contributed by atoms with Gasteiger partial charge in [0.2, 0.25) is 0 Å². The highest BCUT2D eigenvalue weighted by Gasteiger charge is 2.24. The van der Waals surface area contributed by atoms with Gasteiger partial charge in [0, 0.05) is 32.2 Å². The molecule has 0 aliphatic carbocycles. The van der Waals surface area contributed by atoms with Crippen molar-refractivity contribution >= 4 is 0 Å². The first-order valence-electron chi connectivity index (χ1n) is 7.18. The highest BCUT2D eigenvalue weighted by molar-refractivity contribution is 4.77. The number of aliphatic hydroxyl groups is 1. The third-order valence-corrected chi connectivity index (χ3v) is 3.81. The van der Waals surface area contributed by atoms with Gasteiger partial charge in [0.25, 0.3) is 0 Å². The minimum absolute atomic E-state index is 0.272. The van der Waals surface area contributed by atoms with E-state index in [9.17, 15) is 5.11 Å². The number of nitrogens with zero attached hydrogens (tertiary/aromatic N) is 2. The molecule has 1 aliphatic rings. The quantitative estimate of drug-likeness (QED) is 0.776. The number of ether oxygens (including phenoxy) is 1. The second-order valence-corrected chi connectivity index (χ2v) is 5.83. The van der Waals surface area contributed by atoms with Gasteiger partial charge in [-0.15, -0.1) is 0 Å². The molecule has 0 spiro atoms. The van der Waals surface area contributed by atoms with E-state index < -0.39 is 0 Å². The van der Waals surface area contributed by atoms with Crippen molar-refractivity contribution in [3.63, 3.8) is 0 Å². The summed E-state index contributed by atoms with van der Waals surface area (Å²) in [7, 11) is 2.09. The lowest BCUT2D eigenvalue weighted by molar-refractivity contribution is -0.0781. The maximum atomic E-state index is 10.2. The third kappa shape index (κ3) is 5.22. The Morgan fingerprint density at radius 1 is 1.33 bits per heavy atom. The molecule has 1 saturated heterocycles. The smallest absolute Gasteiger partial charge is 0.0793 e. The molecule has 1 fully saturated rings. The maximum Gasteiger partial charge on any atom is 0.0793 e. The van der Waals surface area contributed by atoms with Crippen LogP contribution in [0.4, 0.5) is 0 Å². The van der Waals surface area contributed by atoms with Gasteiger partial charge >= 0.3 is 0 Å². The number of likely N-dealkylation sites (N-methyl/N-ethyl adjacent to an activating group) is 1. The monoisotopic (exact) mass is 258 g/mol. The first kappa shape index (κ1) is 15.9. The molecule has 18 heavy (non-hydrogen) atoms. The molecule has 0 aromatic carbocycles. The second kappa shape index (κ2) is 7.43. The van der Waals surface area contributed by atoms with Crippen LogP contribution in [-0.4, -0.2) is 72.5 Å². The van der Waals surface area contributed by atoms with E-state index in [1.54, 1.807) is 0 Å². The Morgan fingerprint density at radius 2 is 1.89 bits per heavy atom. The highest BCUT2D eigenvalue weighted by Crippen LogP contribution is 2.11. The van der Waals surface area contributed by atoms with E-state index in [1.165, 1.54) is 0 Å². The number of morpholine rings is 1. The molecule has 4 atom stereocenters. The molecule has 4 unspecified atom stereocenters. The van der Waals surface area contributed by atoms with E-state index in [0.717, 1.165) is 32.6 Å². The predicted octanol–water partition coefficient (Wildman–Crippen LogP) is 1.19. The Labute approximate surface area is 112 Å². The van der Waals surface area contributed by atoms with Crippen molar-refractivity contribution in [3.05, 3.63) is 0 Å². The van der Waals surface area contributed by atoms with Crippen LogP contribution in [0.1, 0.15) is 34.1 Å². The Hall–Kier alpha value is -0.160. The Morgan fingerprint density at radius 3 is 2.39 bits per heavy atom. The largest absolute Gasteiger partial charge is 0.390 e. The van der Waals surface area contributed by atoms with E-state index in [1.807, 2.05) is 0 Å². The molecule has 4 heteroatoms. The highest BCUT2D eigenvalue weighted by atomic mass is 16.5. The molecule has 0 bridgehead atoms. The van der Waals surface area contributed by atoms with Gasteiger partial charge in [0.1, 0.15) is 0 Å². The van der Waals surface area contributed by atoms with Gasteiger partial charge in [-0.25, -0.2) is 0 Å². The molecule has 0 aromatic heterocycles. The molecule has 0 saturated carbocycles. The van der Waals surface area contributed by atoms with Gasteiger partial charge < -0.3 is 14.7 Å². The summed E-state index contributed by atoms with van der Waals surface area (Å²) < 4.78 is 5.70. The zero-order valence-corrected chi connectivity index (χ0v) is 12.6. The lowest BCUT2D eigenvalue weighted by atomic mass is 10.2. The topological polar surface area (TPSA) is 35.9 Å². The summed E-state index contributed by atoms with van der Waals surface area (Å²) in [6, 6.07) is 0.530. The average molecular weight is 258 g/mol. The normalized spacial score (nSPS) is 29.5. The van der Waals surface area contributed by atoms with Crippen molar-refractivity contribution < 1.29 is 9.84 Å². The third-order valence-electron chi connectivity index (χ3n) is 3.81. The van der Waals surface area contributed by atoms with Crippen molar-refractivity contribution in [2.75, 3.05) is 33.2 Å². The molecular weight excluding hydrogens is 228 g/mol. The maximum absolute atomic E-state index is 10.2. The summed E-state index contributed by atoms with van der Waals surface area (Å²) in [5.41, 5.74) is 0. The number of rotatable bonds is 6. The van der Waals surface area contributed by atoms with Crippen LogP contribution < -0.4 is 0 Å². The summed E-state index contributed by atoms with van der Waals surface area (Å²) >= 11 is 0. The fourth-order valence-corrected chi connectivity index (χ4v) is 2.61. The second-order valence-electron chi connectivity index (χ2n) is 5.83. The van der Waals surface area contributed by atoms with Crippen LogP contribution in [0, 0.1) is 0 Å². The SMILES string of the molecule is CCC(C)N(C)CC(O)CN1CC(C)OC(C)C1. The van der Waals surface area contributed by atoms with Crippen LogP contribution in [0.15, 0.2) is 0 Å². The molecule has 0 amide bonds. The van der Waals surface area contributed by atoms with Gasteiger partial charge in [-0.2, -0.15) is 0 Å². The van der Waals surface area contributed by atoms with Crippen molar-refractivity contribution in [3.8, 4) is 0 Å². The summed E-state index contributed by atoms with van der Waals surface area (Å²) in [4.78, 5) is 4.55. The summed E-state index contributed by atoms with van der Waals surface area (Å²) in [6.45, 7) is 11.9. The molecule has 0 radical (unpaired) electrons. The zero-order chi connectivity index (χ0) is 13.7. The first-order valence-corrected chi connectivity index (χ1v) is 7.18. The van der Waals surface area contributed by atoms with Crippen LogP contribution in [0.2, 0.25) is 0 Å². The number of aliphatic hydroxyl groups excluding tert-OH is 1. The fraction of sp³-hybridized carbons (Fsp3) is 1.00. The van der Waals surface area contributed by atoms with Gasteiger partial charge in [0.05, 0.1) is 18.3 Å². The van der Waals surface area contributed by atoms with Crippen LogP contribution in [0.5, 0.6) is 0 Å². The minimum Gasteiger partial charge on any atom is -0.390 e. The van der Waals surface area contributed by atoms with E-state index in [-0.39, 0.29) is 18.3 Å². The molecule has 0 aromatic rings. The molecule has 1 rings (SSSR count). The summed E-state index contributed by atoms with van der Waals surface area (Å²) in [5, 5.41) is 10.2.